The summed E-state index contributed by atoms with van der Waals surface area (Å²) >= 11 is 0. The lowest BCUT2D eigenvalue weighted by molar-refractivity contribution is 0.949. The fraction of sp³-hybridized carbons (Fsp3) is 1.00. The Kier molecular flexibility index (Phi) is 3.87. The molecule has 0 atom stereocenters. The third-order valence-corrected chi connectivity index (χ3v) is 2.37. The van der Waals surface area contributed by atoms with Crippen molar-refractivity contribution in [1.29, 1.82) is 0 Å². The van der Waals surface area contributed by atoms with Crippen LogP contribution in [0.4, 0.5) is 0 Å². The van der Waals surface area contributed by atoms with Gasteiger partial charge in [-0.15, -0.1) is 8.58 Å². The topological polar surface area (TPSA) is 0 Å². The van der Waals surface area contributed by atoms with Crippen molar-refractivity contribution in [2.24, 2.45) is 0 Å². The molecule has 0 unspecified atom stereocenters. The van der Waals surface area contributed by atoms with E-state index in [4.69, 9.17) is 0 Å². The van der Waals surface area contributed by atoms with Crippen molar-refractivity contribution in [2.45, 2.75) is 20.3 Å². The lowest BCUT2D eigenvalue weighted by Gasteiger charge is -1.69. The summed E-state index contributed by atoms with van der Waals surface area (Å²) in [6.45, 7) is 0. The van der Waals surface area contributed by atoms with Gasteiger partial charge < -0.3 is 0 Å². The van der Waals surface area contributed by atoms with Gasteiger partial charge in [-0.1, -0.05) is 7.43 Å². The maximum atomic E-state index is 1.53. The van der Waals surface area contributed by atoms with Crippen molar-refractivity contribution in [2.75, 3.05) is 12.3 Å². The molecule has 1 aliphatic heterocycles. The van der Waals surface area contributed by atoms with Crippen LogP contribution in [0, 0.1) is 0 Å². The molecule has 1 saturated heterocycles. The van der Waals surface area contributed by atoms with Crippen LogP contribution >= 0.6 is 8.58 Å². The molecule has 0 bridgehead atoms. The van der Waals surface area contributed by atoms with Crippen molar-refractivity contribution in [1.82, 2.24) is 0 Å². The van der Waals surface area contributed by atoms with Gasteiger partial charge in [0.2, 0.25) is 0 Å². The second-order valence-electron chi connectivity index (χ2n) is 1.46. The van der Waals surface area contributed by atoms with Gasteiger partial charge in [-0.25, -0.2) is 0 Å². The van der Waals surface area contributed by atoms with Crippen LogP contribution in [0.25, 0.3) is 0 Å². The molecule has 1 rings (SSSR count). The third kappa shape index (κ3) is 1.77. The first-order chi connectivity index (χ1) is 2.50. The van der Waals surface area contributed by atoms with Gasteiger partial charge in [0.15, 0.2) is 0 Å². The highest BCUT2D eigenvalue weighted by Gasteiger charge is 1.94. The normalized spacial score (nSPS) is 20.0. The van der Waals surface area contributed by atoms with Crippen molar-refractivity contribution >= 4 is 8.58 Å². The second kappa shape index (κ2) is 3.61. The van der Waals surface area contributed by atoms with Crippen LogP contribution in [0.2, 0.25) is 0 Å². The molecule has 1 aliphatic rings. The Hall–Kier alpha value is 0.430. The molecule has 0 aromatic rings. The summed E-state index contributed by atoms with van der Waals surface area (Å²) in [5.74, 6) is 0. The van der Waals surface area contributed by atoms with Gasteiger partial charge in [0, 0.05) is 0 Å². The van der Waals surface area contributed by atoms with Crippen LogP contribution in [0.5, 0.6) is 0 Å². The quantitative estimate of drug-likeness (QED) is 0.413. The van der Waals surface area contributed by atoms with Crippen LogP contribution in [0.3, 0.4) is 0 Å². The van der Waals surface area contributed by atoms with Crippen molar-refractivity contribution in [3.05, 3.63) is 0 Å². The van der Waals surface area contributed by atoms with Crippen LogP contribution in [-0.4, -0.2) is 12.3 Å². The van der Waals surface area contributed by atoms with E-state index in [9.17, 15) is 0 Å². The minimum absolute atomic E-state index is 0. The second-order valence-corrected chi connectivity index (χ2v) is 2.96. The molecule has 1 fully saturated rings. The standard InChI is InChI=1S/C4H9P.CH4/c1-2-4-5-3-1;/h5H,1-4H2;1H4. The van der Waals surface area contributed by atoms with Crippen LogP contribution in [0.1, 0.15) is 20.3 Å². The molecule has 38 valence electrons. The lowest BCUT2D eigenvalue weighted by atomic mass is 10.4. The molecule has 0 N–H and O–H groups in total. The summed E-state index contributed by atoms with van der Waals surface area (Å²) in [4.78, 5) is 0. The Morgan fingerprint density at radius 2 is 1.50 bits per heavy atom. The largest absolute Gasteiger partial charge is 0.122 e. The maximum Gasteiger partial charge on any atom is -0.0353 e. The first-order valence-electron chi connectivity index (χ1n) is 2.21. The van der Waals surface area contributed by atoms with E-state index in [1.54, 1.807) is 0 Å². The number of hydrogen-bond donors (Lipinski definition) is 0. The zero-order valence-corrected chi connectivity index (χ0v) is 4.33. The predicted molar refractivity (Wildman–Crippen MR) is 34.0 cm³/mol. The molecule has 0 nitrogen and oxygen atoms in total. The highest BCUT2D eigenvalue weighted by atomic mass is 31.1. The molecular weight excluding hydrogens is 91.0 g/mol. The first kappa shape index (κ1) is 6.43. The maximum absolute atomic E-state index is 1.53. The predicted octanol–water partition coefficient (Wildman–Crippen LogP) is 2.09. The van der Waals surface area contributed by atoms with Crippen LogP contribution in [-0.2, 0) is 0 Å². The van der Waals surface area contributed by atoms with Gasteiger partial charge in [-0.2, -0.15) is 0 Å². The fourth-order valence-corrected chi connectivity index (χ4v) is 1.87. The Balaban J connectivity index is 0.000000250. The zero-order chi connectivity index (χ0) is 3.54. The lowest BCUT2D eigenvalue weighted by Crippen LogP contribution is -1.58. The van der Waals surface area contributed by atoms with E-state index < -0.39 is 0 Å². The molecule has 0 saturated carbocycles. The minimum Gasteiger partial charge on any atom is -0.122 e. The molecular formula is C5H13P. The van der Waals surface area contributed by atoms with Crippen molar-refractivity contribution in [3.63, 3.8) is 0 Å². The first-order valence-corrected chi connectivity index (χ1v) is 3.62. The molecule has 6 heavy (non-hydrogen) atoms. The Morgan fingerprint density at radius 3 is 1.67 bits per heavy atom. The monoisotopic (exact) mass is 104 g/mol. The summed E-state index contributed by atoms with van der Waals surface area (Å²) in [7, 11) is 1.31. The van der Waals surface area contributed by atoms with Crippen LogP contribution < -0.4 is 0 Å². The van der Waals surface area contributed by atoms with E-state index in [-0.39, 0.29) is 7.43 Å². The van der Waals surface area contributed by atoms with E-state index in [0.717, 1.165) is 0 Å². The molecule has 0 aromatic heterocycles. The highest BCUT2D eigenvalue weighted by molar-refractivity contribution is 7.38. The van der Waals surface area contributed by atoms with Crippen molar-refractivity contribution in [3.8, 4) is 0 Å². The van der Waals surface area contributed by atoms with Gasteiger partial charge >= 0.3 is 0 Å². The summed E-state index contributed by atoms with van der Waals surface area (Å²) in [5, 5.41) is 0. The zero-order valence-electron chi connectivity index (χ0n) is 3.33. The number of hydrogen-bond acceptors (Lipinski definition) is 0. The molecule has 0 aliphatic carbocycles. The van der Waals surface area contributed by atoms with Gasteiger partial charge in [0.05, 0.1) is 0 Å². The highest BCUT2D eigenvalue weighted by Crippen LogP contribution is 2.21. The molecule has 0 radical (unpaired) electrons. The Labute approximate surface area is 42.1 Å². The number of rotatable bonds is 0. The Bertz CT molecular complexity index is 15.5. The van der Waals surface area contributed by atoms with E-state index in [0.29, 0.717) is 0 Å². The average Bonchev–Trinajstić information content (AvgIpc) is 1.76. The molecule has 1 heteroatoms. The third-order valence-electron chi connectivity index (χ3n) is 0.957. The minimum atomic E-state index is 0. The summed E-state index contributed by atoms with van der Waals surface area (Å²) < 4.78 is 0. The van der Waals surface area contributed by atoms with E-state index >= 15 is 0 Å². The van der Waals surface area contributed by atoms with Crippen molar-refractivity contribution < 1.29 is 0 Å². The van der Waals surface area contributed by atoms with Gasteiger partial charge in [0.25, 0.3) is 0 Å². The summed E-state index contributed by atoms with van der Waals surface area (Å²) in [6.07, 6.45) is 6.08. The summed E-state index contributed by atoms with van der Waals surface area (Å²) in [6, 6.07) is 0. The molecule has 0 spiro atoms. The van der Waals surface area contributed by atoms with E-state index in [1.165, 1.54) is 33.7 Å². The smallest absolute Gasteiger partial charge is 0.0353 e. The van der Waals surface area contributed by atoms with Gasteiger partial charge in [-0.3, -0.25) is 0 Å². The molecule has 1 heterocycles. The SMILES string of the molecule is C.C1CCPC1. The van der Waals surface area contributed by atoms with Gasteiger partial charge in [-0.05, 0) is 25.2 Å². The average molecular weight is 104 g/mol. The van der Waals surface area contributed by atoms with Crippen LogP contribution in [0.15, 0.2) is 0 Å². The molecule has 0 aromatic carbocycles. The summed E-state index contributed by atoms with van der Waals surface area (Å²) in [5.41, 5.74) is 0. The van der Waals surface area contributed by atoms with E-state index in [1.807, 2.05) is 0 Å². The Morgan fingerprint density at radius 1 is 1.00 bits per heavy atom. The van der Waals surface area contributed by atoms with Gasteiger partial charge in [0.1, 0.15) is 0 Å². The van der Waals surface area contributed by atoms with E-state index in [2.05, 4.69) is 0 Å². The molecule has 0 amide bonds. The fourth-order valence-electron chi connectivity index (χ4n) is 0.625.